The third-order valence-corrected chi connectivity index (χ3v) is 5.34. The number of nitrogens with one attached hydrogen (secondary N) is 1. The quantitative estimate of drug-likeness (QED) is 0.420. The van der Waals surface area contributed by atoms with Gasteiger partial charge in [-0.2, -0.15) is 8.42 Å². The fourth-order valence-electron chi connectivity index (χ4n) is 2.56. The lowest BCUT2D eigenvalue weighted by molar-refractivity contribution is 0.0520. The van der Waals surface area contributed by atoms with Crippen LogP contribution in [0.5, 0.6) is 17.4 Å². The Balaban J connectivity index is 2.03. The predicted octanol–water partition coefficient (Wildman–Crippen LogP) is 2.27. The Labute approximate surface area is 172 Å². The summed E-state index contributed by atoms with van der Waals surface area (Å²) in [5, 5.41) is 0.432. The van der Waals surface area contributed by atoms with Crippen LogP contribution in [0.25, 0.3) is 10.9 Å². The van der Waals surface area contributed by atoms with Crippen LogP contribution in [0.4, 0.5) is 0 Å². The van der Waals surface area contributed by atoms with Crippen LogP contribution < -0.4 is 8.92 Å². The topological polar surface area (TPSA) is 142 Å². The zero-order chi connectivity index (χ0) is 22.1. The molecule has 1 N–H and O–H groups in total. The Morgan fingerprint density at radius 3 is 2.40 bits per heavy atom. The van der Waals surface area contributed by atoms with Gasteiger partial charge in [0, 0.05) is 30.0 Å². The molecule has 1 aromatic carbocycles. The number of H-pyrrole nitrogens is 1. The molecule has 0 fully saturated rings. The van der Waals surface area contributed by atoms with E-state index in [0.29, 0.717) is 5.39 Å². The SMILES string of the molecule is CCOC(=O)c1cc2cc(Oc3ccc(S(C)(=O)=O)cn3)cc(OS(C)(=O)=O)c2[nH]1. The molecule has 160 valence electrons. The first-order chi connectivity index (χ1) is 14.0. The zero-order valence-electron chi connectivity index (χ0n) is 16.2. The second kappa shape index (κ2) is 7.95. The number of benzene rings is 1. The normalized spacial score (nSPS) is 12.0. The number of hydrogen-bond donors (Lipinski definition) is 1. The molecule has 0 unspecified atom stereocenters. The summed E-state index contributed by atoms with van der Waals surface area (Å²) < 4.78 is 61.9. The molecule has 0 saturated carbocycles. The van der Waals surface area contributed by atoms with Crippen LogP contribution in [0.2, 0.25) is 0 Å². The van der Waals surface area contributed by atoms with E-state index in [-0.39, 0.29) is 40.1 Å². The van der Waals surface area contributed by atoms with Crippen LogP contribution in [0, 0.1) is 0 Å². The van der Waals surface area contributed by atoms with Crippen molar-refractivity contribution >= 4 is 36.8 Å². The fraction of sp³-hybridized carbons (Fsp3) is 0.222. The first-order valence-electron chi connectivity index (χ1n) is 8.53. The number of rotatable bonds is 7. The second-order valence-electron chi connectivity index (χ2n) is 6.28. The number of nitrogens with zero attached hydrogens (tertiary/aromatic N) is 1. The summed E-state index contributed by atoms with van der Waals surface area (Å²) in [6.07, 6.45) is 3.08. The molecule has 0 saturated heterocycles. The maximum atomic E-state index is 12.0. The van der Waals surface area contributed by atoms with E-state index in [0.717, 1.165) is 18.7 Å². The van der Waals surface area contributed by atoms with E-state index in [2.05, 4.69) is 9.97 Å². The van der Waals surface area contributed by atoms with E-state index < -0.39 is 25.9 Å². The van der Waals surface area contributed by atoms with E-state index in [1.54, 1.807) is 6.92 Å². The monoisotopic (exact) mass is 454 g/mol. The summed E-state index contributed by atoms with van der Waals surface area (Å²) >= 11 is 0. The van der Waals surface area contributed by atoms with Gasteiger partial charge in [-0.3, -0.25) is 0 Å². The highest BCUT2D eigenvalue weighted by Gasteiger charge is 2.18. The molecule has 0 aliphatic heterocycles. The van der Waals surface area contributed by atoms with Crippen LogP contribution in [-0.4, -0.2) is 51.9 Å². The first kappa shape index (κ1) is 21.6. The van der Waals surface area contributed by atoms with Crippen molar-refractivity contribution in [2.75, 3.05) is 19.1 Å². The average molecular weight is 454 g/mol. The molecule has 0 aliphatic carbocycles. The second-order valence-corrected chi connectivity index (χ2v) is 9.87. The Morgan fingerprint density at radius 2 is 1.83 bits per heavy atom. The minimum absolute atomic E-state index is 0.0242. The summed E-state index contributed by atoms with van der Waals surface area (Å²) in [5.41, 5.74) is 0.370. The van der Waals surface area contributed by atoms with Crippen LogP contribution in [-0.2, 0) is 24.7 Å². The minimum Gasteiger partial charge on any atom is -0.461 e. The molecule has 0 spiro atoms. The molecule has 0 atom stereocenters. The fourth-order valence-corrected chi connectivity index (χ4v) is 3.58. The standard InChI is InChI=1S/C18H18N2O8S2/c1-4-26-18(21)14-8-11-7-12(9-15(17(11)20-14)28-30(3,24)25)27-16-6-5-13(10-19-16)29(2,22)23/h5-10,20H,4H2,1-3H3. The van der Waals surface area contributed by atoms with Crippen LogP contribution in [0.15, 0.2) is 41.4 Å². The van der Waals surface area contributed by atoms with Gasteiger partial charge in [0.25, 0.3) is 0 Å². The van der Waals surface area contributed by atoms with Crippen molar-refractivity contribution in [2.45, 2.75) is 11.8 Å². The Morgan fingerprint density at radius 1 is 1.10 bits per heavy atom. The van der Waals surface area contributed by atoms with Gasteiger partial charge in [0.2, 0.25) is 5.88 Å². The lowest BCUT2D eigenvalue weighted by Crippen LogP contribution is -2.07. The van der Waals surface area contributed by atoms with Crippen molar-refractivity contribution in [3.8, 4) is 17.4 Å². The lowest BCUT2D eigenvalue weighted by Gasteiger charge is -2.09. The summed E-state index contributed by atoms with van der Waals surface area (Å²) in [6, 6.07) is 7.00. The molecular formula is C18H18N2O8S2. The zero-order valence-corrected chi connectivity index (χ0v) is 17.8. The summed E-state index contributed by atoms with van der Waals surface area (Å²) in [6.45, 7) is 1.83. The van der Waals surface area contributed by atoms with Crippen LogP contribution >= 0.6 is 0 Å². The van der Waals surface area contributed by atoms with Gasteiger partial charge in [0.05, 0.1) is 23.3 Å². The van der Waals surface area contributed by atoms with Crippen molar-refractivity contribution < 1.29 is 35.3 Å². The summed E-state index contributed by atoms with van der Waals surface area (Å²) in [4.78, 5) is 18.7. The van der Waals surface area contributed by atoms with E-state index in [1.165, 1.54) is 30.3 Å². The molecular weight excluding hydrogens is 436 g/mol. The van der Waals surface area contributed by atoms with Gasteiger partial charge >= 0.3 is 16.1 Å². The highest BCUT2D eigenvalue weighted by molar-refractivity contribution is 7.90. The van der Waals surface area contributed by atoms with Crippen LogP contribution in [0.3, 0.4) is 0 Å². The first-order valence-corrected chi connectivity index (χ1v) is 12.2. The molecule has 30 heavy (non-hydrogen) atoms. The number of carbonyl (C=O) groups is 1. The maximum absolute atomic E-state index is 12.0. The molecule has 0 amide bonds. The van der Waals surface area contributed by atoms with Crippen molar-refractivity contribution in [1.82, 2.24) is 9.97 Å². The third-order valence-electron chi connectivity index (χ3n) is 3.76. The number of esters is 1. The smallest absolute Gasteiger partial charge is 0.354 e. The van der Waals surface area contributed by atoms with Crippen molar-refractivity contribution in [3.05, 3.63) is 42.2 Å². The maximum Gasteiger partial charge on any atom is 0.354 e. The number of carbonyl (C=O) groups excluding carboxylic acids is 1. The number of ether oxygens (including phenoxy) is 2. The number of hydrogen-bond acceptors (Lipinski definition) is 9. The third kappa shape index (κ3) is 5.07. The largest absolute Gasteiger partial charge is 0.461 e. The molecule has 10 nitrogen and oxygen atoms in total. The van der Waals surface area contributed by atoms with Crippen molar-refractivity contribution in [2.24, 2.45) is 0 Å². The number of sulfone groups is 1. The summed E-state index contributed by atoms with van der Waals surface area (Å²) in [5.74, 6) is -0.462. The highest BCUT2D eigenvalue weighted by atomic mass is 32.2. The molecule has 12 heteroatoms. The molecule has 0 radical (unpaired) electrons. The van der Waals surface area contributed by atoms with Gasteiger partial charge in [0.1, 0.15) is 11.4 Å². The number of aromatic nitrogens is 2. The van der Waals surface area contributed by atoms with Gasteiger partial charge in [-0.1, -0.05) is 0 Å². The van der Waals surface area contributed by atoms with E-state index in [4.69, 9.17) is 13.7 Å². The van der Waals surface area contributed by atoms with E-state index in [9.17, 15) is 21.6 Å². The van der Waals surface area contributed by atoms with Crippen molar-refractivity contribution in [3.63, 3.8) is 0 Å². The Bertz CT molecular complexity index is 1310. The van der Waals surface area contributed by atoms with Gasteiger partial charge in [-0.05, 0) is 25.1 Å². The molecule has 2 aromatic heterocycles. The van der Waals surface area contributed by atoms with E-state index >= 15 is 0 Å². The van der Waals surface area contributed by atoms with Gasteiger partial charge in [-0.25, -0.2) is 18.2 Å². The van der Waals surface area contributed by atoms with E-state index in [1.807, 2.05) is 0 Å². The predicted molar refractivity (Wildman–Crippen MR) is 107 cm³/mol. The van der Waals surface area contributed by atoms with Gasteiger partial charge in [0.15, 0.2) is 15.6 Å². The minimum atomic E-state index is -3.88. The van der Waals surface area contributed by atoms with Crippen LogP contribution in [0.1, 0.15) is 17.4 Å². The molecule has 3 aromatic rings. The van der Waals surface area contributed by atoms with Gasteiger partial charge < -0.3 is 18.6 Å². The summed E-state index contributed by atoms with van der Waals surface area (Å²) in [7, 11) is -7.29. The van der Waals surface area contributed by atoms with Crippen molar-refractivity contribution in [1.29, 1.82) is 0 Å². The number of fused-ring (bicyclic) bond motifs is 1. The lowest BCUT2D eigenvalue weighted by atomic mass is 10.2. The Kier molecular flexibility index (Phi) is 5.72. The molecule has 3 rings (SSSR count). The van der Waals surface area contributed by atoms with Gasteiger partial charge in [-0.15, -0.1) is 0 Å². The number of pyridine rings is 1. The Hall–Kier alpha value is -3.12. The molecule has 0 aliphatic rings. The molecule has 0 bridgehead atoms. The average Bonchev–Trinajstić information content (AvgIpc) is 3.05. The number of aromatic amines is 1. The molecule has 2 heterocycles. The highest BCUT2D eigenvalue weighted by Crippen LogP contribution is 2.34.